The first-order chi connectivity index (χ1) is 11.0. The molecule has 0 fully saturated rings. The van der Waals surface area contributed by atoms with Crippen molar-refractivity contribution in [3.8, 4) is 0 Å². The van der Waals surface area contributed by atoms with Gasteiger partial charge in [0, 0.05) is 5.39 Å². The number of halogens is 2. The van der Waals surface area contributed by atoms with Gasteiger partial charge in [0.2, 0.25) is 0 Å². The second-order valence-corrected chi connectivity index (χ2v) is 5.74. The first kappa shape index (κ1) is 15.6. The van der Waals surface area contributed by atoms with Crippen LogP contribution in [0, 0.1) is 6.92 Å². The third-order valence-corrected chi connectivity index (χ3v) is 4.13. The summed E-state index contributed by atoms with van der Waals surface area (Å²) in [6.07, 6.45) is 0.734. The number of rotatable bonds is 3. The second kappa shape index (κ2) is 6.07. The normalized spacial score (nSPS) is 10.7. The van der Waals surface area contributed by atoms with Crippen molar-refractivity contribution in [3.63, 3.8) is 0 Å². The number of hydrogen-bond acceptors (Lipinski definition) is 3. The van der Waals surface area contributed by atoms with E-state index in [1.807, 2.05) is 0 Å². The number of hydrogen-bond donors (Lipinski definition) is 1. The molecular weight excluding hydrogens is 337 g/mol. The minimum atomic E-state index is -0.449. The average Bonchev–Trinajstić information content (AvgIpc) is 2.83. The van der Waals surface area contributed by atoms with Crippen molar-refractivity contribution < 1.29 is 14.0 Å². The van der Waals surface area contributed by atoms with E-state index < -0.39 is 5.91 Å². The van der Waals surface area contributed by atoms with Crippen LogP contribution < -0.4 is 5.32 Å². The Kier molecular flexibility index (Phi) is 4.11. The molecule has 0 aliphatic rings. The van der Waals surface area contributed by atoms with Crippen LogP contribution in [0.4, 0.5) is 5.69 Å². The number of carbonyl (C=O) groups excluding carboxylic acids is 2. The first-order valence-corrected chi connectivity index (χ1v) is 7.51. The van der Waals surface area contributed by atoms with Gasteiger partial charge in [-0.05, 0) is 25.1 Å². The number of amides is 1. The van der Waals surface area contributed by atoms with Gasteiger partial charge in [0.15, 0.2) is 11.9 Å². The van der Waals surface area contributed by atoms with Gasteiger partial charge in [-0.15, -0.1) is 0 Å². The highest BCUT2D eigenvalue weighted by Gasteiger charge is 2.18. The summed E-state index contributed by atoms with van der Waals surface area (Å²) in [6.45, 7) is 1.69. The van der Waals surface area contributed by atoms with Gasteiger partial charge in [-0.3, -0.25) is 9.59 Å². The van der Waals surface area contributed by atoms with E-state index in [2.05, 4.69) is 5.32 Å². The highest BCUT2D eigenvalue weighted by atomic mass is 35.5. The van der Waals surface area contributed by atoms with Gasteiger partial charge in [-0.1, -0.05) is 41.4 Å². The Morgan fingerprint density at radius 3 is 2.43 bits per heavy atom. The van der Waals surface area contributed by atoms with Crippen LogP contribution in [0.2, 0.25) is 10.0 Å². The predicted molar refractivity (Wildman–Crippen MR) is 90.8 cm³/mol. The molecule has 0 bridgehead atoms. The van der Waals surface area contributed by atoms with Crippen molar-refractivity contribution in [1.82, 2.24) is 0 Å². The second-order valence-electron chi connectivity index (χ2n) is 4.92. The summed E-state index contributed by atoms with van der Waals surface area (Å²) in [7, 11) is 0. The van der Waals surface area contributed by atoms with Crippen molar-refractivity contribution in [3.05, 3.63) is 63.3 Å². The van der Waals surface area contributed by atoms with Gasteiger partial charge in [0.25, 0.3) is 5.91 Å². The zero-order chi connectivity index (χ0) is 16.6. The minimum Gasteiger partial charge on any atom is -0.458 e. The van der Waals surface area contributed by atoms with E-state index in [1.54, 1.807) is 43.3 Å². The molecular formula is C17H11Cl2NO3. The van der Waals surface area contributed by atoms with Crippen molar-refractivity contribution in [2.45, 2.75) is 6.92 Å². The molecule has 23 heavy (non-hydrogen) atoms. The summed E-state index contributed by atoms with van der Waals surface area (Å²) in [4.78, 5) is 23.6. The third-order valence-electron chi connectivity index (χ3n) is 3.50. The lowest BCUT2D eigenvalue weighted by atomic mass is 10.1. The first-order valence-electron chi connectivity index (χ1n) is 6.75. The van der Waals surface area contributed by atoms with E-state index in [0.29, 0.717) is 28.0 Å². The fourth-order valence-electron chi connectivity index (χ4n) is 2.40. The van der Waals surface area contributed by atoms with E-state index in [0.717, 1.165) is 6.29 Å². The van der Waals surface area contributed by atoms with E-state index in [1.165, 1.54) is 0 Å². The number of nitrogens with one attached hydrogen (secondary N) is 1. The van der Waals surface area contributed by atoms with Gasteiger partial charge in [-0.2, -0.15) is 0 Å². The summed E-state index contributed by atoms with van der Waals surface area (Å²) in [5, 5.41) is 3.88. The lowest BCUT2D eigenvalue weighted by molar-refractivity contribution is 0.102. The molecule has 3 rings (SSSR count). The molecule has 0 unspecified atom stereocenters. The molecule has 6 heteroatoms. The lowest BCUT2D eigenvalue weighted by Crippen LogP contribution is -2.13. The van der Waals surface area contributed by atoms with Crippen LogP contribution >= 0.6 is 23.2 Å². The van der Waals surface area contributed by atoms with Crippen molar-refractivity contribution in [2.75, 3.05) is 5.32 Å². The Morgan fingerprint density at radius 2 is 1.78 bits per heavy atom. The number of furan rings is 1. The Morgan fingerprint density at radius 1 is 1.13 bits per heavy atom. The van der Waals surface area contributed by atoms with E-state index in [4.69, 9.17) is 27.6 Å². The number of aldehydes is 1. The molecule has 1 aromatic heterocycles. The number of fused-ring (bicyclic) bond motifs is 1. The Bertz CT molecular complexity index is 911. The Balaban J connectivity index is 2.05. The molecule has 0 saturated heterocycles. The molecule has 1 N–H and O–H groups in total. The average molecular weight is 348 g/mol. The summed E-state index contributed by atoms with van der Waals surface area (Å²) in [5.41, 5.74) is 1.53. The number of para-hydroxylation sites is 1. The molecule has 0 saturated carbocycles. The Hall–Kier alpha value is -2.30. The van der Waals surface area contributed by atoms with Crippen molar-refractivity contribution in [2.24, 2.45) is 0 Å². The van der Waals surface area contributed by atoms with Gasteiger partial charge < -0.3 is 9.73 Å². The van der Waals surface area contributed by atoms with Crippen LogP contribution in [0.25, 0.3) is 11.0 Å². The van der Waals surface area contributed by atoms with Crippen molar-refractivity contribution in [1.29, 1.82) is 0 Å². The van der Waals surface area contributed by atoms with E-state index in [9.17, 15) is 9.59 Å². The third kappa shape index (κ3) is 2.71. The minimum absolute atomic E-state index is 0.187. The van der Waals surface area contributed by atoms with Crippen LogP contribution in [-0.2, 0) is 0 Å². The molecule has 0 spiro atoms. The molecule has 1 heterocycles. The lowest BCUT2D eigenvalue weighted by Gasteiger charge is -2.08. The van der Waals surface area contributed by atoms with Crippen LogP contribution in [0.5, 0.6) is 0 Å². The zero-order valence-electron chi connectivity index (χ0n) is 12.0. The summed E-state index contributed by atoms with van der Waals surface area (Å²) in [5.74, 6) is 0.0438. The molecule has 3 aromatic rings. The van der Waals surface area contributed by atoms with E-state index >= 15 is 0 Å². The monoisotopic (exact) mass is 347 g/mol. The van der Waals surface area contributed by atoms with Crippen LogP contribution in [0.1, 0.15) is 26.5 Å². The molecule has 0 atom stereocenters. The fourth-order valence-corrected chi connectivity index (χ4v) is 2.97. The summed E-state index contributed by atoms with van der Waals surface area (Å²) >= 11 is 12.1. The maximum absolute atomic E-state index is 12.5. The maximum atomic E-state index is 12.5. The molecule has 0 aliphatic carbocycles. The van der Waals surface area contributed by atoms with Gasteiger partial charge in [0.05, 0.1) is 26.9 Å². The number of anilines is 1. The van der Waals surface area contributed by atoms with Gasteiger partial charge in [-0.25, -0.2) is 0 Å². The summed E-state index contributed by atoms with van der Waals surface area (Å²) in [6, 6.07) is 10.0. The predicted octanol–water partition coefficient (Wildman–Crippen LogP) is 5.11. The molecule has 1 amide bonds. The molecule has 116 valence electrons. The smallest absolute Gasteiger partial charge is 0.258 e. The molecule has 0 aliphatic heterocycles. The molecule has 0 radical (unpaired) electrons. The number of aryl methyl sites for hydroxylation is 1. The SMILES string of the molecule is Cc1oc2c(NC(=O)c3c(Cl)cccc3Cl)cccc2c1C=O. The Labute approximate surface area is 142 Å². The quantitative estimate of drug-likeness (QED) is 0.669. The standard InChI is InChI=1S/C17H11Cl2NO3/c1-9-11(8-21)10-4-2-7-14(16(10)23-9)20-17(22)15-12(18)5-3-6-13(15)19/h2-8H,1H3,(H,20,22). The van der Waals surface area contributed by atoms with Gasteiger partial charge in [0.1, 0.15) is 5.76 Å². The highest BCUT2D eigenvalue weighted by molar-refractivity contribution is 6.40. The van der Waals surface area contributed by atoms with E-state index in [-0.39, 0.29) is 15.6 Å². The van der Waals surface area contributed by atoms with Gasteiger partial charge >= 0.3 is 0 Å². The fraction of sp³-hybridized carbons (Fsp3) is 0.0588. The largest absolute Gasteiger partial charge is 0.458 e. The molecule has 4 nitrogen and oxygen atoms in total. The van der Waals surface area contributed by atoms with Crippen LogP contribution in [0.3, 0.4) is 0 Å². The topological polar surface area (TPSA) is 59.3 Å². The van der Waals surface area contributed by atoms with Crippen molar-refractivity contribution >= 4 is 52.1 Å². The number of carbonyl (C=O) groups is 2. The molecule has 2 aromatic carbocycles. The van der Waals surface area contributed by atoms with Crippen LogP contribution in [0.15, 0.2) is 40.8 Å². The number of benzene rings is 2. The zero-order valence-corrected chi connectivity index (χ0v) is 13.5. The maximum Gasteiger partial charge on any atom is 0.258 e. The van der Waals surface area contributed by atoms with Crippen LogP contribution in [-0.4, -0.2) is 12.2 Å². The highest BCUT2D eigenvalue weighted by Crippen LogP contribution is 2.31. The summed E-state index contributed by atoms with van der Waals surface area (Å²) < 4.78 is 5.61.